The van der Waals surface area contributed by atoms with Crippen molar-refractivity contribution in [3.63, 3.8) is 0 Å². The zero-order valence-electron chi connectivity index (χ0n) is 19.7. The molecule has 0 aliphatic carbocycles. The van der Waals surface area contributed by atoms with Gasteiger partial charge < -0.3 is 36.0 Å². The molecular weight excluding hydrogens is 510 g/mol. The molecule has 0 radical (unpaired) electrons. The number of fused-ring (bicyclic) bond motifs is 3. The lowest BCUT2D eigenvalue weighted by Gasteiger charge is -2.53. The first-order valence-electron chi connectivity index (χ1n) is 12.2. The number of hydrogen-bond donors (Lipinski definition) is 1. The van der Waals surface area contributed by atoms with Crippen LogP contribution in [-0.4, -0.2) is 48.0 Å². The minimum atomic E-state index is -1.98. The van der Waals surface area contributed by atoms with Crippen LogP contribution < -0.4 is 21.7 Å². The van der Waals surface area contributed by atoms with E-state index in [1.54, 1.807) is 36.4 Å². The van der Waals surface area contributed by atoms with Gasteiger partial charge in [0.1, 0.15) is 5.75 Å². The van der Waals surface area contributed by atoms with Crippen LogP contribution in [0, 0.1) is 5.92 Å². The van der Waals surface area contributed by atoms with Crippen LogP contribution in [0.2, 0.25) is 0 Å². The summed E-state index contributed by atoms with van der Waals surface area (Å²) in [6.45, 7) is 3.47. The maximum Gasteiger partial charge on any atom is 0.355 e. The first kappa shape index (κ1) is 25.5. The van der Waals surface area contributed by atoms with Gasteiger partial charge in [0.15, 0.2) is 5.76 Å². The Kier molecular flexibility index (Phi) is 7.99. The second kappa shape index (κ2) is 11.0. The zero-order valence-corrected chi connectivity index (χ0v) is 21.3. The summed E-state index contributed by atoms with van der Waals surface area (Å²) in [7, 11) is 0. The van der Waals surface area contributed by atoms with Gasteiger partial charge in [-0.1, -0.05) is 48.5 Å². The number of quaternary nitrogens is 1. The number of aliphatic hydroxyl groups is 1. The lowest BCUT2D eigenvalue weighted by atomic mass is 9.84. The molecule has 0 saturated carbocycles. The first-order valence-corrected chi connectivity index (χ1v) is 12.2. The van der Waals surface area contributed by atoms with Crippen molar-refractivity contribution < 1.29 is 45.3 Å². The number of carbonyl (C=O) groups is 1. The van der Waals surface area contributed by atoms with E-state index in [0.717, 1.165) is 55.6 Å². The van der Waals surface area contributed by atoms with Crippen LogP contribution in [0.4, 0.5) is 0 Å². The van der Waals surface area contributed by atoms with Gasteiger partial charge in [-0.25, -0.2) is 4.79 Å². The van der Waals surface area contributed by atoms with Gasteiger partial charge in [-0.05, 0) is 30.2 Å². The third-order valence-electron chi connectivity index (χ3n) is 7.48. The number of benzene rings is 2. The minimum absolute atomic E-state index is 0. The van der Waals surface area contributed by atoms with Crippen LogP contribution in [0.5, 0.6) is 5.75 Å². The fourth-order valence-electron chi connectivity index (χ4n) is 5.51. The molecule has 3 aromatic rings. The van der Waals surface area contributed by atoms with Gasteiger partial charge in [-0.2, -0.15) is 0 Å². The molecule has 2 bridgehead atoms. The topological polar surface area (TPSA) is 68.9 Å². The van der Waals surface area contributed by atoms with E-state index in [2.05, 4.69) is 0 Å². The van der Waals surface area contributed by atoms with Crippen molar-refractivity contribution in [2.75, 3.05) is 26.2 Å². The van der Waals surface area contributed by atoms with Crippen molar-refractivity contribution in [1.82, 2.24) is 0 Å². The molecule has 4 heterocycles. The average molecular weight is 542 g/mol. The van der Waals surface area contributed by atoms with Crippen LogP contribution >= 0.6 is 0 Å². The van der Waals surface area contributed by atoms with E-state index in [9.17, 15) is 9.90 Å². The molecule has 2 aromatic carbocycles. The van der Waals surface area contributed by atoms with Crippen LogP contribution in [0.25, 0.3) is 0 Å². The third-order valence-corrected chi connectivity index (χ3v) is 7.48. The van der Waals surface area contributed by atoms with Gasteiger partial charge in [0.05, 0.1) is 32.5 Å². The van der Waals surface area contributed by atoms with Gasteiger partial charge in [0.2, 0.25) is 11.8 Å². The molecule has 3 saturated heterocycles. The molecule has 3 aliphatic heterocycles. The Hall–Kier alpha value is -2.61. The lowest BCUT2D eigenvalue weighted by Crippen LogP contribution is -3.00. The number of para-hydroxylation sites is 1. The standard InChI is InChI=1S/C28H32NO5.BrH/c30-27(28(31,25-13-7-19-33-25)23-9-3-1-4-10-23)34-26-21-22-14-17-29(26,18-15-22)16-8-20-32-24-11-5-2-6-12-24;/h1-7,9-13,19,22,26,31H,8,14-18,20-21H2;1H/q+1;/p-1/t22?,26-,28?,29?;/m1./s1. The number of ether oxygens (including phenoxy) is 2. The number of furan rings is 1. The summed E-state index contributed by atoms with van der Waals surface area (Å²) < 4.78 is 18.3. The summed E-state index contributed by atoms with van der Waals surface area (Å²) in [4.78, 5) is 13.6. The smallest absolute Gasteiger partial charge is 0.355 e. The Morgan fingerprint density at radius 3 is 2.34 bits per heavy atom. The Morgan fingerprint density at radius 1 is 1.00 bits per heavy atom. The SMILES string of the molecule is O=C(O[C@@H]1CC2CC[N+]1(CCCOc1ccccc1)CC2)C(O)(c1ccccc1)c1ccco1.[Br-]. The summed E-state index contributed by atoms with van der Waals surface area (Å²) in [5.74, 6) is 0.924. The molecule has 6 nitrogen and oxygen atoms in total. The fourth-order valence-corrected chi connectivity index (χ4v) is 5.51. The molecule has 7 heteroatoms. The maximum atomic E-state index is 13.6. The van der Waals surface area contributed by atoms with Crippen molar-refractivity contribution >= 4 is 5.97 Å². The maximum absolute atomic E-state index is 13.6. The quantitative estimate of drug-likeness (QED) is 0.252. The normalized spacial score (nSPS) is 24.7. The number of esters is 1. The highest BCUT2D eigenvalue weighted by Crippen LogP contribution is 2.41. The molecule has 1 unspecified atom stereocenters. The highest BCUT2D eigenvalue weighted by Gasteiger charge is 2.53. The first-order chi connectivity index (χ1) is 16.6. The predicted molar refractivity (Wildman–Crippen MR) is 127 cm³/mol. The molecule has 0 spiro atoms. The number of carbonyl (C=O) groups excluding carboxylic acids is 1. The van der Waals surface area contributed by atoms with Crippen molar-refractivity contribution in [1.29, 1.82) is 0 Å². The van der Waals surface area contributed by atoms with Crippen molar-refractivity contribution in [2.24, 2.45) is 5.92 Å². The Balaban J connectivity index is 0.00000289. The summed E-state index contributed by atoms with van der Waals surface area (Å²) in [5.41, 5.74) is -1.54. The van der Waals surface area contributed by atoms with E-state index in [-0.39, 0.29) is 29.0 Å². The number of hydrogen-bond acceptors (Lipinski definition) is 5. The highest BCUT2D eigenvalue weighted by molar-refractivity contribution is 5.84. The van der Waals surface area contributed by atoms with Crippen molar-refractivity contribution in [2.45, 2.75) is 37.5 Å². The zero-order chi connectivity index (χ0) is 23.4. The molecular formula is C28H32BrNO5. The minimum Gasteiger partial charge on any atom is -1.00 e. The predicted octanol–water partition coefficient (Wildman–Crippen LogP) is 1.49. The van der Waals surface area contributed by atoms with Crippen LogP contribution in [0.1, 0.15) is 37.0 Å². The molecule has 6 rings (SSSR count). The molecule has 3 aliphatic rings. The van der Waals surface area contributed by atoms with Crippen molar-refractivity contribution in [3.8, 4) is 5.75 Å². The molecule has 35 heavy (non-hydrogen) atoms. The number of nitrogens with zero attached hydrogens (tertiary/aromatic N) is 1. The van der Waals surface area contributed by atoms with E-state index in [0.29, 0.717) is 18.1 Å². The summed E-state index contributed by atoms with van der Waals surface area (Å²) in [6, 6.07) is 22.0. The Bertz CT molecular complexity index is 1070. The number of halogens is 1. The number of piperidine rings is 3. The third kappa shape index (κ3) is 5.17. The van der Waals surface area contributed by atoms with E-state index < -0.39 is 11.6 Å². The molecule has 3 fully saturated rings. The number of rotatable bonds is 9. The highest BCUT2D eigenvalue weighted by atomic mass is 79.9. The summed E-state index contributed by atoms with van der Waals surface area (Å²) >= 11 is 0. The van der Waals surface area contributed by atoms with Gasteiger partial charge in [0.25, 0.3) is 0 Å². The molecule has 1 aromatic heterocycles. The van der Waals surface area contributed by atoms with E-state index in [1.165, 1.54) is 6.26 Å². The van der Waals surface area contributed by atoms with Gasteiger partial charge in [0, 0.05) is 31.2 Å². The Labute approximate surface area is 216 Å². The lowest BCUT2D eigenvalue weighted by molar-refractivity contribution is -0.984. The molecule has 0 amide bonds. The summed E-state index contributed by atoms with van der Waals surface area (Å²) in [6.07, 6.45) is 5.18. The van der Waals surface area contributed by atoms with E-state index in [4.69, 9.17) is 13.9 Å². The van der Waals surface area contributed by atoms with Crippen LogP contribution in [0.3, 0.4) is 0 Å². The van der Waals surface area contributed by atoms with Gasteiger partial charge in [-0.15, -0.1) is 0 Å². The monoisotopic (exact) mass is 541 g/mol. The summed E-state index contributed by atoms with van der Waals surface area (Å²) in [5, 5.41) is 11.6. The van der Waals surface area contributed by atoms with Crippen LogP contribution in [-0.2, 0) is 15.1 Å². The molecule has 1 N–H and O–H groups in total. The van der Waals surface area contributed by atoms with Gasteiger partial charge >= 0.3 is 5.97 Å². The molecule has 2 atom stereocenters. The Morgan fingerprint density at radius 2 is 1.69 bits per heavy atom. The fraction of sp³-hybridized carbons (Fsp3) is 0.393. The second-order valence-electron chi connectivity index (χ2n) is 9.50. The second-order valence-corrected chi connectivity index (χ2v) is 9.50. The van der Waals surface area contributed by atoms with E-state index >= 15 is 0 Å². The van der Waals surface area contributed by atoms with Gasteiger partial charge in [-0.3, -0.25) is 4.48 Å². The van der Waals surface area contributed by atoms with Crippen LogP contribution in [0.15, 0.2) is 83.5 Å². The average Bonchev–Trinajstić information content (AvgIpc) is 3.44. The van der Waals surface area contributed by atoms with E-state index in [1.807, 2.05) is 36.4 Å². The molecule has 186 valence electrons. The largest absolute Gasteiger partial charge is 1.00 e. The van der Waals surface area contributed by atoms with Crippen molar-refractivity contribution in [3.05, 3.63) is 90.4 Å².